The molecule has 0 spiro atoms. The van der Waals surface area contributed by atoms with E-state index in [4.69, 9.17) is 11.6 Å². The fourth-order valence-corrected chi connectivity index (χ4v) is 4.49. The first kappa shape index (κ1) is 22.4. The zero-order chi connectivity index (χ0) is 23.8. The molecule has 1 aliphatic rings. The Bertz CT molecular complexity index is 1370. The first-order valence-electron chi connectivity index (χ1n) is 9.69. The van der Waals surface area contributed by atoms with Gasteiger partial charge in [0.2, 0.25) is 5.95 Å². The molecule has 2 amide bonds. The lowest BCUT2D eigenvalue weighted by atomic mass is 10.1. The molecule has 0 bridgehead atoms. The van der Waals surface area contributed by atoms with Crippen LogP contribution in [0, 0.1) is 13.8 Å². The molecular formula is C22H18ClN5O4S. The van der Waals surface area contributed by atoms with E-state index < -0.39 is 21.8 Å². The van der Waals surface area contributed by atoms with Crippen molar-refractivity contribution in [3.8, 4) is 0 Å². The molecule has 2 heterocycles. The first-order valence-corrected chi connectivity index (χ1v) is 11.6. The minimum absolute atomic E-state index is 0.0359. The largest absolute Gasteiger partial charge is 0.350 e. The van der Waals surface area contributed by atoms with Crippen molar-refractivity contribution in [2.75, 3.05) is 14.9 Å². The lowest BCUT2D eigenvalue weighted by Gasteiger charge is -2.16. The molecule has 0 aliphatic carbocycles. The van der Waals surface area contributed by atoms with Crippen molar-refractivity contribution in [3.05, 3.63) is 82.8 Å². The molecule has 168 valence electrons. The zero-order valence-electron chi connectivity index (χ0n) is 17.5. The van der Waals surface area contributed by atoms with Crippen LogP contribution in [0.2, 0.25) is 0 Å². The van der Waals surface area contributed by atoms with E-state index in [-0.39, 0.29) is 21.6 Å². The molecular weight excluding hydrogens is 466 g/mol. The van der Waals surface area contributed by atoms with E-state index in [1.165, 1.54) is 36.7 Å². The molecule has 1 aromatic heterocycles. The standard InChI is InChI=1S/C22H18ClN5O4S/c1-13-10-14(2)12-16(11-13)28-20(29)18(23)19(21(28)30)26-15-4-6-17(7-5-15)33(31,32)27-22-24-8-3-9-25-22/h3-12,26H,1-2H3,(H,24,25,27). The number of aromatic nitrogens is 2. The Morgan fingerprint density at radius 2 is 1.52 bits per heavy atom. The maximum Gasteiger partial charge on any atom is 0.283 e. The van der Waals surface area contributed by atoms with Crippen LogP contribution in [0.5, 0.6) is 0 Å². The Morgan fingerprint density at radius 3 is 2.12 bits per heavy atom. The van der Waals surface area contributed by atoms with E-state index in [9.17, 15) is 18.0 Å². The highest BCUT2D eigenvalue weighted by Crippen LogP contribution is 2.31. The predicted octanol–water partition coefficient (Wildman–Crippen LogP) is 3.33. The Hall–Kier alpha value is -3.76. The minimum Gasteiger partial charge on any atom is -0.350 e. The third-order valence-corrected chi connectivity index (χ3v) is 6.41. The maximum atomic E-state index is 13.0. The van der Waals surface area contributed by atoms with Gasteiger partial charge in [0.05, 0.1) is 10.6 Å². The van der Waals surface area contributed by atoms with Crippen molar-refractivity contribution in [3.63, 3.8) is 0 Å². The van der Waals surface area contributed by atoms with Crippen LogP contribution in [0.3, 0.4) is 0 Å². The Labute approximate surface area is 195 Å². The summed E-state index contributed by atoms with van der Waals surface area (Å²) in [5.74, 6) is -1.30. The van der Waals surface area contributed by atoms with E-state index >= 15 is 0 Å². The summed E-state index contributed by atoms with van der Waals surface area (Å²) in [5, 5.41) is 2.57. The van der Waals surface area contributed by atoms with Gasteiger partial charge in [-0.25, -0.2) is 28.0 Å². The van der Waals surface area contributed by atoms with Crippen LogP contribution in [0.15, 0.2) is 76.5 Å². The third kappa shape index (κ3) is 4.57. The Kier molecular flexibility index (Phi) is 5.88. The van der Waals surface area contributed by atoms with Gasteiger partial charge in [0, 0.05) is 18.1 Å². The van der Waals surface area contributed by atoms with Gasteiger partial charge in [0.15, 0.2) is 0 Å². The second-order valence-electron chi connectivity index (χ2n) is 7.31. The maximum absolute atomic E-state index is 13.0. The monoisotopic (exact) mass is 483 g/mol. The highest BCUT2D eigenvalue weighted by Gasteiger charge is 2.39. The zero-order valence-corrected chi connectivity index (χ0v) is 19.1. The van der Waals surface area contributed by atoms with Crippen LogP contribution in [-0.4, -0.2) is 30.2 Å². The van der Waals surface area contributed by atoms with Crippen molar-refractivity contribution < 1.29 is 18.0 Å². The summed E-state index contributed by atoms with van der Waals surface area (Å²) < 4.78 is 27.3. The van der Waals surface area contributed by atoms with Crippen molar-refractivity contribution in [1.29, 1.82) is 0 Å². The SMILES string of the molecule is Cc1cc(C)cc(N2C(=O)C(Cl)=C(Nc3ccc(S(=O)(=O)Nc4ncccn4)cc3)C2=O)c1. The molecule has 2 aromatic carbocycles. The molecule has 0 saturated carbocycles. The van der Waals surface area contributed by atoms with Crippen molar-refractivity contribution in [2.45, 2.75) is 18.7 Å². The molecule has 4 rings (SSSR count). The Morgan fingerprint density at radius 1 is 0.909 bits per heavy atom. The van der Waals surface area contributed by atoms with Crippen LogP contribution in [0.4, 0.5) is 17.3 Å². The van der Waals surface area contributed by atoms with Crippen LogP contribution < -0.4 is 14.9 Å². The summed E-state index contributed by atoms with van der Waals surface area (Å²) in [7, 11) is -3.91. The molecule has 0 fully saturated rings. The fraction of sp³-hybridized carbons (Fsp3) is 0.0909. The van der Waals surface area contributed by atoms with Crippen LogP contribution in [-0.2, 0) is 19.6 Å². The highest BCUT2D eigenvalue weighted by molar-refractivity contribution is 7.92. The molecule has 0 atom stereocenters. The minimum atomic E-state index is -3.91. The number of nitrogens with one attached hydrogen (secondary N) is 2. The second kappa shape index (κ2) is 8.64. The number of sulfonamides is 1. The predicted molar refractivity (Wildman–Crippen MR) is 124 cm³/mol. The van der Waals surface area contributed by atoms with E-state index in [1.54, 1.807) is 18.2 Å². The lowest BCUT2D eigenvalue weighted by molar-refractivity contribution is -0.120. The summed E-state index contributed by atoms with van der Waals surface area (Å²) in [4.78, 5) is 34.3. The van der Waals surface area contributed by atoms with E-state index in [0.29, 0.717) is 11.4 Å². The summed E-state index contributed by atoms with van der Waals surface area (Å²) >= 11 is 6.18. The quantitative estimate of drug-likeness (QED) is 0.516. The van der Waals surface area contributed by atoms with Crippen LogP contribution in [0.25, 0.3) is 0 Å². The number of aryl methyl sites for hydroxylation is 2. The summed E-state index contributed by atoms with van der Waals surface area (Å²) in [5.41, 5.74) is 2.51. The molecule has 9 nitrogen and oxygen atoms in total. The summed E-state index contributed by atoms with van der Waals surface area (Å²) in [6.45, 7) is 3.73. The van der Waals surface area contributed by atoms with E-state index in [0.717, 1.165) is 16.0 Å². The number of carbonyl (C=O) groups is 2. The van der Waals surface area contributed by atoms with Gasteiger partial charge in [0.1, 0.15) is 10.7 Å². The highest BCUT2D eigenvalue weighted by atomic mass is 35.5. The lowest BCUT2D eigenvalue weighted by Crippen LogP contribution is -2.32. The molecule has 0 saturated heterocycles. The van der Waals surface area contributed by atoms with Crippen LogP contribution in [0.1, 0.15) is 11.1 Å². The smallest absolute Gasteiger partial charge is 0.283 e. The number of halogens is 1. The number of nitrogens with zero attached hydrogens (tertiary/aromatic N) is 3. The topological polar surface area (TPSA) is 121 Å². The van der Waals surface area contributed by atoms with Gasteiger partial charge >= 0.3 is 0 Å². The van der Waals surface area contributed by atoms with E-state index in [2.05, 4.69) is 20.0 Å². The third-order valence-electron chi connectivity index (χ3n) is 4.72. The number of hydrogen-bond acceptors (Lipinski definition) is 7. The van der Waals surface area contributed by atoms with Gasteiger partial charge in [0.25, 0.3) is 21.8 Å². The number of amides is 2. The molecule has 0 unspecified atom stereocenters. The van der Waals surface area contributed by atoms with Gasteiger partial charge in [-0.05, 0) is 67.4 Å². The van der Waals surface area contributed by atoms with Crippen molar-refractivity contribution >= 4 is 50.8 Å². The molecule has 0 radical (unpaired) electrons. The molecule has 11 heteroatoms. The van der Waals surface area contributed by atoms with Crippen LogP contribution >= 0.6 is 11.6 Å². The molecule has 33 heavy (non-hydrogen) atoms. The molecule has 1 aliphatic heterocycles. The summed E-state index contributed by atoms with van der Waals surface area (Å²) in [6.07, 6.45) is 2.83. The first-order chi connectivity index (χ1) is 15.7. The number of rotatable bonds is 6. The molecule has 2 N–H and O–H groups in total. The fourth-order valence-electron chi connectivity index (χ4n) is 3.32. The number of carbonyl (C=O) groups excluding carboxylic acids is 2. The van der Waals surface area contributed by atoms with Gasteiger partial charge < -0.3 is 5.32 Å². The number of hydrogen-bond donors (Lipinski definition) is 2. The number of imide groups is 1. The van der Waals surface area contributed by atoms with Gasteiger partial charge in [-0.1, -0.05) is 17.7 Å². The van der Waals surface area contributed by atoms with Gasteiger partial charge in [-0.15, -0.1) is 0 Å². The Balaban J connectivity index is 1.54. The van der Waals surface area contributed by atoms with Gasteiger partial charge in [-0.2, -0.15) is 0 Å². The summed E-state index contributed by atoms with van der Waals surface area (Å²) in [6, 6.07) is 12.5. The number of anilines is 3. The number of benzene rings is 2. The average molecular weight is 484 g/mol. The van der Waals surface area contributed by atoms with E-state index in [1.807, 2.05) is 19.9 Å². The normalized spacial score (nSPS) is 14.1. The second-order valence-corrected chi connectivity index (χ2v) is 9.37. The average Bonchev–Trinajstić information content (AvgIpc) is 2.97. The van der Waals surface area contributed by atoms with Crippen molar-refractivity contribution in [1.82, 2.24) is 9.97 Å². The molecule has 3 aromatic rings. The van der Waals surface area contributed by atoms with Crippen molar-refractivity contribution in [2.24, 2.45) is 0 Å². The van der Waals surface area contributed by atoms with Gasteiger partial charge in [-0.3, -0.25) is 9.59 Å².